The number of carbonyl (C=O) groups excluding carboxylic acids is 1. The normalized spacial score (nSPS) is 18.5. The number of nitrogens with one attached hydrogen (secondary N) is 3. The van der Waals surface area contributed by atoms with Gasteiger partial charge in [0, 0.05) is 12.0 Å². The Morgan fingerprint density at radius 2 is 2.14 bits per heavy atom. The van der Waals surface area contributed by atoms with Crippen LogP contribution in [0, 0.1) is 12.8 Å². The third kappa shape index (κ3) is 3.94. The number of aromatic amines is 1. The summed E-state index contributed by atoms with van der Waals surface area (Å²) in [4.78, 5) is 31.6. The summed E-state index contributed by atoms with van der Waals surface area (Å²) in [6.45, 7) is 10.3. The molecule has 2 rings (SSSR count). The van der Waals surface area contributed by atoms with E-state index >= 15 is 0 Å². The first-order valence-electron chi connectivity index (χ1n) is 7.89. The number of hydrogen-bond donors (Lipinski definition) is 3. The van der Waals surface area contributed by atoms with E-state index < -0.39 is 0 Å². The van der Waals surface area contributed by atoms with Crippen molar-refractivity contribution >= 4 is 5.91 Å². The summed E-state index contributed by atoms with van der Waals surface area (Å²) in [6, 6.07) is 0. The smallest absolute Gasteiger partial charge is 0.264 e. The van der Waals surface area contributed by atoms with Crippen molar-refractivity contribution < 1.29 is 4.79 Å². The van der Waals surface area contributed by atoms with Gasteiger partial charge in [0.1, 0.15) is 11.4 Å². The number of amides is 1. The first-order valence-corrected chi connectivity index (χ1v) is 7.89. The van der Waals surface area contributed by atoms with Crippen LogP contribution in [0.15, 0.2) is 4.79 Å². The minimum absolute atomic E-state index is 0.123. The SMILES string of the molecule is Cc1nc(C(C)(C)C)[nH]c(=O)c1C(=O)NCCC1CCNC1. The zero-order valence-electron chi connectivity index (χ0n) is 13.9. The standard InChI is InChI=1S/C16H26N4O2/c1-10-12(14(22)20-15(19-10)16(2,3)4)13(21)18-8-6-11-5-7-17-9-11/h11,17H,5-9H2,1-4H3,(H,18,21)(H,19,20,22). The van der Waals surface area contributed by atoms with Crippen LogP contribution in [0.2, 0.25) is 0 Å². The van der Waals surface area contributed by atoms with E-state index in [1.165, 1.54) is 0 Å². The molecule has 1 aliphatic rings. The predicted molar refractivity (Wildman–Crippen MR) is 86.2 cm³/mol. The topological polar surface area (TPSA) is 86.9 Å². The average Bonchev–Trinajstić information content (AvgIpc) is 2.90. The van der Waals surface area contributed by atoms with E-state index in [1.807, 2.05) is 20.8 Å². The van der Waals surface area contributed by atoms with Gasteiger partial charge in [0.15, 0.2) is 0 Å². The molecular formula is C16H26N4O2. The molecule has 2 heterocycles. The van der Waals surface area contributed by atoms with Gasteiger partial charge in [-0.2, -0.15) is 0 Å². The van der Waals surface area contributed by atoms with Crippen LogP contribution in [0.1, 0.15) is 55.5 Å². The molecule has 0 aromatic carbocycles. The van der Waals surface area contributed by atoms with Crippen LogP contribution < -0.4 is 16.2 Å². The number of hydrogen-bond acceptors (Lipinski definition) is 4. The van der Waals surface area contributed by atoms with Crippen molar-refractivity contribution in [1.82, 2.24) is 20.6 Å². The monoisotopic (exact) mass is 306 g/mol. The van der Waals surface area contributed by atoms with Crippen LogP contribution in [0.5, 0.6) is 0 Å². The number of carbonyl (C=O) groups is 1. The van der Waals surface area contributed by atoms with Crippen molar-refractivity contribution in [3.05, 3.63) is 27.4 Å². The summed E-state index contributed by atoms with van der Waals surface area (Å²) in [6.07, 6.45) is 2.08. The van der Waals surface area contributed by atoms with E-state index in [1.54, 1.807) is 6.92 Å². The third-order valence-corrected chi connectivity index (χ3v) is 4.04. The maximum absolute atomic E-state index is 12.2. The van der Waals surface area contributed by atoms with E-state index in [9.17, 15) is 9.59 Å². The summed E-state index contributed by atoms with van der Waals surface area (Å²) in [5.41, 5.74) is -0.0160. The van der Waals surface area contributed by atoms with Crippen molar-refractivity contribution in [2.24, 2.45) is 5.92 Å². The zero-order valence-corrected chi connectivity index (χ0v) is 13.9. The van der Waals surface area contributed by atoms with Crippen LogP contribution in [0.3, 0.4) is 0 Å². The maximum Gasteiger partial charge on any atom is 0.264 e. The lowest BCUT2D eigenvalue weighted by Gasteiger charge is -2.18. The van der Waals surface area contributed by atoms with E-state index in [0.717, 1.165) is 25.9 Å². The molecule has 0 radical (unpaired) electrons. The number of aryl methyl sites for hydroxylation is 1. The molecule has 6 nitrogen and oxygen atoms in total. The van der Waals surface area contributed by atoms with Gasteiger partial charge in [0.05, 0.1) is 5.69 Å². The van der Waals surface area contributed by atoms with E-state index in [-0.39, 0.29) is 22.4 Å². The lowest BCUT2D eigenvalue weighted by molar-refractivity contribution is 0.0949. The second kappa shape index (κ2) is 6.60. The second-order valence-corrected chi connectivity index (χ2v) is 7.03. The Kier molecular flexibility index (Phi) is 5.01. The molecule has 22 heavy (non-hydrogen) atoms. The Labute approximate surface area is 131 Å². The Bertz CT molecular complexity index is 595. The first kappa shape index (κ1) is 16.7. The molecule has 0 saturated carbocycles. The van der Waals surface area contributed by atoms with Crippen molar-refractivity contribution in [2.75, 3.05) is 19.6 Å². The highest BCUT2D eigenvalue weighted by Gasteiger charge is 2.22. The van der Waals surface area contributed by atoms with Gasteiger partial charge in [-0.15, -0.1) is 0 Å². The van der Waals surface area contributed by atoms with Crippen LogP contribution in [-0.4, -0.2) is 35.5 Å². The molecule has 0 bridgehead atoms. The predicted octanol–water partition coefficient (Wildman–Crippen LogP) is 1.11. The Balaban J connectivity index is 2.04. The van der Waals surface area contributed by atoms with E-state index in [2.05, 4.69) is 20.6 Å². The number of H-pyrrole nitrogens is 1. The molecule has 1 fully saturated rings. The summed E-state index contributed by atoms with van der Waals surface area (Å²) >= 11 is 0. The Hall–Kier alpha value is -1.69. The third-order valence-electron chi connectivity index (χ3n) is 4.04. The van der Waals surface area contributed by atoms with Gasteiger partial charge in [-0.3, -0.25) is 9.59 Å². The summed E-state index contributed by atoms with van der Waals surface area (Å²) < 4.78 is 0. The van der Waals surface area contributed by atoms with E-state index in [0.29, 0.717) is 24.0 Å². The fourth-order valence-corrected chi connectivity index (χ4v) is 2.65. The molecule has 1 amide bonds. The zero-order chi connectivity index (χ0) is 16.3. The highest BCUT2D eigenvalue weighted by molar-refractivity contribution is 5.94. The van der Waals surface area contributed by atoms with Crippen LogP contribution >= 0.6 is 0 Å². The van der Waals surface area contributed by atoms with Crippen molar-refractivity contribution in [2.45, 2.75) is 46.0 Å². The molecule has 6 heteroatoms. The summed E-state index contributed by atoms with van der Waals surface area (Å²) in [5.74, 6) is 0.877. The number of nitrogens with zero attached hydrogens (tertiary/aromatic N) is 1. The number of rotatable bonds is 4. The minimum Gasteiger partial charge on any atom is -0.352 e. The maximum atomic E-state index is 12.2. The molecule has 122 valence electrons. The van der Waals surface area contributed by atoms with Crippen molar-refractivity contribution in [3.8, 4) is 0 Å². The molecular weight excluding hydrogens is 280 g/mol. The summed E-state index contributed by atoms with van der Waals surface area (Å²) in [5, 5.41) is 6.14. The van der Waals surface area contributed by atoms with Gasteiger partial charge in [0.2, 0.25) is 0 Å². The highest BCUT2D eigenvalue weighted by Crippen LogP contribution is 2.17. The summed E-state index contributed by atoms with van der Waals surface area (Å²) in [7, 11) is 0. The molecule has 0 aliphatic carbocycles. The van der Waals surface area contributed by atoms with Crippen molar-refractivity contribution in [3.63, 3.8) is 0 Å². The van der Waals surface area contributed by atoms with E-state index in [4.69, 9.17) is 0 Å². The lowest BCUT2D eigenvalue weighted by atomic mass is 9.95. The van der Waals surface area contributed by atoms with Gasteiger partial charge in [-0.05, 0) is 38.8 Å². The second-order valence-electron chi connectivity index (χ2n) is 7.03. The molecule has 1 saturated heterocycles. The van der Waals surface area contributed by atoms with Gasteiger partial charge in [-0.1, -0.05) is 20.8 Å². The molecule has 1 unspecified atom stereocenters. The molecule has 0 spiro atoms. The lowest BCUT2D eigenvalue weighted by Crippen LogP contribution is -2.34. The quantitative estimate of drug-likeness (QED) is 0.777. The van der Waals surface area contributed by atoms with Crippen molar-refractivity contribution in [1.29, 1.82) is 0 Å². The minimum atomic E-state index is -0.363. The molecule has 1 aromatic heterocycles. The Morgan fingerprint density at radius 3 is 2.68 bits per heavy atom. The fraction of sp³-hybridized carbons (Fsp3) is 0.688. The first-order chi connectivity index (χ1) is 10.3. The van der Waals surface area contributed by atoms with Crippen LogP contribution in [0.4, 0.5) is 0 Å². The molecule has 1 aliphatic heterocycles. The van der Waals surface area contributed by atoms with Crippen LogP contribution in [0.25, 0.3) is 0 Å². The fourth-order valence-electron chi connectivity index (χ4n) is 2.65. The molecule has 1 atom stereocenters. The largest absolute Gasteiger partial charge is 0.352 e. The molecule has 3 N–H and O–H groups in total. The highest BCUT2D eigenvalue weighted by atomic mass is 16.2. The van der Waals surface area contributed by atoms with Gasteiger partial charge >= 0.3 is 0 Å². The number of aromatic nitrogens is 2. The Morgan fingerprint density at radius 1 is 1.41 bits per heavy atom. The van der Waals surface area contributed by atoms with Gasteiger partial charge < -0.3 is 15.6 Å². The van der Waals surface area contributed by atoms with Crippen LogP contribution in [-0.2, 0) is 5.41 Å². The molecule has 1 aromatic rings. The van der Waals surface area contributed by atoms with Gasteiger partial charge in [0.25, 0.3) is 11.5 Å². The van der Waals surface area contributed by atoms with Gasteiger partial charge in [-0.25, -0.2) is 4.98 Å². The average molecular weight is 306 g/mol.